The fourth-order valence-corrected chi connectivity index (χ4v) is 5.87. The fourth-order valence-electron chi connectivity index (χ4n) is 5.41. The van der Waals surface area contributed by atoms with Crippen LogP contribution in [0, 0.1) is 0 Å². The number of urea groups is 1. The first-order chi connectivity index (χ1) is 24.6. The number of ether oxygens (including phenoxy) is 1. The highest BCUT2D eigenvalue weighted by atomic mass is 35.5. The lowest BCUT2D eigenvalue weighted by molar-refractivity contribution is 0.0952. The van der Waals surface area contributed by atoms with Crippen molar-refractivity contribution in [2.24, 2.45) is 0 Å². The molecule has 2 aromatic heterocycles. The Morgan fingerprint density at radius 1 is 0.902 bits per heavy atom. The molecule has 4 rings (SSSR count). The van der Waals surface area contributed by atoms with Crippen LogP contribution in [0.15, 0.2) is 65.7 Å². The van der Waals surface area contributed by atoms with Gasteiger partial charge < -0.3 is 30.7 Å². The fraction of sp³-hybridized carbons (Fsp3) is 0.378. The Balaban J connectivity index is 1.48. The van der Waals surface area contributed by atoms with Gasteiger partial charge in [-0.1, -0.05) is 60.7 Å². The number of halogens is 2. The molecule has 0 spiro atoms. The van der Waals surface area contributed by atoms with E-state index in [1.54, 1.807) is 13.0 Å². The molecule has 4 N–H and O–H groups in total. The number of benzene rings is 2. The number of aliphatic hydroxyl groups is 1. The second-order valence-corrected chi connectivity index (χ2v) is 12.7. The molecule has 0 radical (unpaired) electrons. The minimum atomic E-state index is -0.715. The summed E-state index contributed by atoms with van der Waals surface area (Å²) in [6, 6.07) is 13.8. The molecule has 0 atom stereocenters. The highest BCUT2D eigenvalue weighted by Crippen LogP contribution is 2.31. The van der Waals surface area contributed by atoms with Crippen molar-refractivity contribution in [1.29, 1.82) is 0 Å². The molecule has 14 heteroatoms. The predicted molar refractivity (Wildman–Crippen MR) is 203 cm³/mol. The molecule has 0 saturated heterocycles. The number of pyridine rings is 1. The highest BCUT2D eigenvalue weighted by Gasteiger charge is 2.16. The quantitative estimate of drug-likeness (QED) is 0.0802. The summed E-state index contributed by atoms with van der Waals surface area (Å²) in [7, 11) is 2.01. The Kier molecular flexibility index (Phi) is 15.2. The van der Waals surface area contributed by atoms with Crippen LogP contribution < -0.4 is 26.2 Å². The van der Waals surface area contributed by atoms with Gasteiger partial charge >= 0.3 is 6.03 Å². The van der Waals surface area contributed by atoms with Crippen LogP contribution in [0.1, 0.15) is 56.3 Å². The number of hydrogen-bond donors (Lipinski definition) is 4. The van der Waals surface area contributed by atoms with Crippen molar-refractivity contribution in [2.45, 2.75) is 52.5 Å². The van der Waals surface area contributed by atoms with Crippen LogP contribution in [-0.2, 0) is 6.54 Å². The number of carbonyl (C=O) groups is 2. The third-order valence-electron chi connectivity index (χ3n) is 8.07. The molecule has 2 heterocycles. The van der Waals surface area contributed by atoms with Crippen molar-refractivity contribution in [3.63, 3.8) is 0 Å². The first-order valence-electron chi connectivity index (χ1n) is 17.1. The SMILES string of the molecule is CCOc1cc(C(=O)NCCCCCCCN(C)CCO)cc(-c2cccc(-c3cc(NC(=O)Nc4c(Cl)cncc4Cl)c(=O)n(CC)n3)c2)c1. The summed E-state index contributed by atoms with van der Waals surface area (Å²) >= 11 is 12.3. The maximum Gasteiger partial charge on any atom is 0.323 e. The lowest BCUT2D eigenvalue weighted by atomic mass is 9.99. The van der Waals surface area contributed by atoms with E-state index in [0.29, 0.717) is 42.3 Å². The van der Waals surface area contributed by atoms with Crippen LogP contribution in [0.2, 0.25) is 10.0 Å². The number of likely N-dealkylation sites (N-methyl/N-ethyl adjacent to an activating group) is 1. The molecule has 0 aliphatic carbocycles. The van der Waals surface area contributed by atoms with Crippen molar-refractivity contribution in [2.75, 3.05) is 50.5 Å². The van der Waals surface area contributed by atoms with Crippen LogP contribution in [-0.4, -0.2) is 76.6 Å². The van der Waals surface area contributed by atoms with Gasteiger partial charge in [0, 0.05) is 43.2 Å². The van der Waals surface area contributed by atoms with Crippen molar-refractivity contribution in [3.05, 3.63) is 86.9 Å². The summed E-state index contributed by atoms with van der Waals surface area (Å²) in [5.41, 5.74) is 2.88. The van der Waals surface area contributed by atoms with Crippen molar-refractivity contribution in [3.8, 4) is 28.1 Å². The lowest BCUT2D eigenvalue weighted by Crippen LogP contribution is -2.29. The topological polar surface area (TPSA) is 151 Å². The molecule has 0 fully saturated rings. The minimum Gasteiger partial charge on any atom is -0.494 e. The number of aryl methyl sites for hydroxylation is 1. The van der Waals surface area contributed by atoms with E-state index in [2.05, 4.69) is 30.9 Å². The molecule has 0 bridgehead atoms. The van der Waals surface area contributed by atoms with Gasteiger partial charge in [0.05, 0.1) is 34.6 Å². The second kappa shape index (κ2) is 19.8. The number of nitrogens with zero attached hydrogens (tertiary/aromatic N) is 4. The number of aromatic nitrogens is 3. The summed E-state index contributed by atoms with van der Waals surface area (Å²) < 4.78 is 7.09. The van der Waals surface area contributed by atoms with Crippen molar-refractivity contribution < 1.29 is 19.4 Å². The van der Waals surface area contributed by atoms with Gasteiger partial charge in [-0.25, -0.2) is 9.48 Å². The van der Waals surface area contributed by atoms with Gasteiger partial charge in [-0.3, -0.25) is 14.6 Å². The molecule has 4 aromatic rings. The number of nitrogens with one attached hydrogen (secondary N) is 3. The van der Waals surface area contributed by atoms with Gasteiger partial charge in [0.15, 0.2) is 0 Å². The molecule has 0 saturated carbocycles. The standard InChI is InChI=1S/C37H45Cl2N7O5/c1-4-46-36(49)33(42-37(50)43-34-30(38)23-40-24-31(34)39)22-32(44-46)26-13-11-12-25(18-26)27-19-28(21-29(20-27)51-5-2)35(48)41-14-9-7-6-8-10-15-45(3)16-17-47/h11-13,18-24,47H,4-10,14-17H2,1-3H3,(H,41,48)(H2,40,42,43,50). The third kappa shape index (κ3) is 11.5. The Bertz CT molecular complexity index is 1830. The molecule has 51 heavy (non-hydrogen) atoms. The van der Waals surface area contributed by atoms with E-state index in [9.17, 15) is 14.4 Å². The number of anilines is 2. The summed E-state index contributed by atoms with van der Waals surface area (Å²) in [5.74, 6) is 0.390. The largest absolute Gasteiger partial charge is 0.494 e. The summed E-state index contributed by atoms with van der Waals surface area (Å²) in [5, 5.41) is 22.0. The Hall–Kier alpha value is -4.49. The van der Waals surface area contributed by atoms with Gasteiger partial charge in [0.25, 0.3) is 11.5 Å². The predicted octanol–water partition coefficient (Wildman–Crippen LogP) is 6.95. The number of amides is 3. The summed E-state index contributed by atoms with van der Waals surface area (Å²) in [4.78, 5) is 45.3. The second-order valence-electron chi connectivity index (χ2n) is 11.9. The molecular weight excluding hydrogens is 693 g/mol. The third-order valence-corrected chi connectivity index (χ3v) is 8.64. The number of aliphatic hydroxyl groups excluding tert-OH is 1. The van der Waals surface area contributed by atoms with E-state index in [-0.39, 0.29) is 40.5 Å². The molecule has 0 unspecified atom stereocenters. The molecular formula is C37H45Cl2N7O5. The van der Waals surface area contributed by atoms with E-state index in [4.69, 9.17) is 33.0 Å². The van der Waals surface area contributed by atoms with Crippen LogP contribution >= 0.6 is 23.2 Å². The molecule has 12 nitrogen and oxygen atoms in total. The van der Waals surface area contributed by atoms with Crippen LogP contribution in [0.3, 0.4) is 0 Å². The molecule has 0 aliphatic heterocycles. The number of rotatable bonds is 18. The van der Waals surface area contributed by atoms with Gasteiger partial charge in [-0.15, -0.1) is 0 Å². The van der Waals surface area contributed by atoms with E-state index in [1.807, 2.05) is 50.4 Å². The Morgan fingerprint density at radius 3 is 2.35 bits per heavy atom. The Labute approximate surface area is 308 Å². The zero-order chi connectivity index (χ0) is 36.8. The minimum absolute atomic E-state index is 0.00834. The summed E-state index contributed by atoms with van der Waals surface area (Å²) in [6.45, 7) is 6.78. The van der Waals surface area contributed by atoms with Gasteiger partial charge in [0.2, 0.25) is 0 Å². The van der Waals surface area contributed by atoms with Gasteiger partial charge in [-0.05, 0) is 81.7 Å². The smallest absolute Gasteiger partial charge is 0.323 e. The average Bonchev–Trinajstić information content (AvgIpc) is 3.12. The lowest BCUT2D eigenvalue weighted by Gasteiger charge is -2.14. The van der Waals surface area contributed by atoms with Crippen molar-refractivity contribution in [1.82, 2.24) is 25.0 Å². The number of hydrogen-bond acceptors (Lipinski definition) is 8. The Morgan fingerprint density at radius 2 is 1.63 bits per heavy atom. The van der Waals surface area contributed by atoms with E-state index in [1.165, 1.54) is 23.1 Å². The van der Waals surface area contributed by atoms with E-state index in [0.717, 1.165) is 49.8 Å². The highest BCUT2D eigenvalue weighted by molar-refractivity contribution is 6.39. The van der Waals surface area contributed by atoms with Crippen LogP contribution in [0.25, 0.3) is 22.4 Å². The summed E-state index contributed by atoms with van der Waals surface area (Å²) in [6.07, 6.45) is 7.89. The monoisotopic (exact) mass is 737 g/mol. The first-order valence-corrected chi connectivity index (χ1v) is 17.8. The van der Waals surface area contributed by atoms with E-state index < -0.39 is 11.6 Å². The number of unbranched alkanes of at least 4 members (excludes halogenated alkanes) is 4. The molecule has 0 aliphatic rings. The molecule has 3 amide bonds. The molecule has 272 valence electrons. The maximum absolute atomic E-state index is 13.2. The van der Waals surface area contributed by atoms with Crippen molar-refractivity contribution >= 4 is 46.5 Å². The first kappa shape index (κ1) is 39.3. The average molecular weight is 739 g/mol. The zero-order valence-electron chi connectivity index (χ0n) is 29.2. The van der Waals surface area contributed by atoms with Crippen LogP contribution in [0.4, 0.5) is 16.2 Å². The van der Waals surface area contributed by atoms with Gasteiger partial charge in [0.1, 0.15) is 11.4 Å². The maximum atomic E-state index is 13.2. The number of carbonyl (C=O) groups excluding carboxylic acids is 2. The van der Waals surface area contributed by atoms with Gasteiger partial charge in [-0.2, -0.15) is 5.10 Å². The molecule has 2 aromatic carbocycles. The van der Waals surface area contributed by atoms with Crippen LogP contribution in [0.5, 0.6) is 5.75 Å². The van der Waals surface area contributed by atoms with E-state index >= 15 is 0 Å². The zero-order valence-corrected chi connectivity index (χ0v) is 30.7. The normalized spacial score (nSPS) is 11.0.